The van der Waals surface area contributed by atoms with E-state index in [0.717, 1.165) is 16.5 Å². The van der Waals surface area contributed by atoms with E-state index in [4.69, 9.17) is 5.73 Å². The average Bonchev–Trinajstić information content (AvgIpc) is 2.41. The van der Waals surface area contributed by atoms with Crippen LogP contribution >= 0.6 is 15.9 Å². The van der Waals surface area contributed by atoms with Crippen molar-refractivity contribution in [3.63, 3.8) is 0 Å². The van der Waals surface area contributed by atoms with E-state index in [1.807, 2.05) is 13.0 Å². The van der Waals surface area contributed by atoms with Gasteiger partial charge >= 0.3 is 0 Å². The van der Waals surface area contributed by atoms with Crippen LogP contribution in [0.5, 0.6) is 5.75 Å². The van der Waals surface area contributed by atoms with Crippen molar-refractivity contribution in [1.29, 1.82) is 0 Å². The minimum atomic E-state index is -0.349. The van der Waals surface area contributed by atoms with Gasteiger partial charge in [0.15, 0.2) is 0 Å². The summed E-state index contributed by atoms with van der Waals surface area (Å²) in [7, 11) is 0. The SMILES string of the molecule is CCc1ccc(O)c(NC(=O)c2ccc(Br)cc2N)c1. The van der Waals surface area contributed by atoms with Gasteiger partial charge in [-0.25, -0.2) is 0 Å². The molecule has 0 fully saturated rings. The molecule has 0 unspecified atom stereocenters. The highest BCUT2D eigenvalue weighted by atomic mass is 79.9. The third-order valence-corrected chi connectivity index (χ3v) is 3.47. The standard InChI is InChI=1S/C15H15BrN2O2/c1-2-9-3-6-14(19)13(7-9)18-15(20)11-5-4-10(16)8-12(11)17/h3-8,19H,2,17H2,1H3,(H,18,20). The monoisotopic (exact) mass is 334 g/mol. The molecule has 2 rings (SSSR count). The molecule has 0 aliphatic rings. The number of aromatic hydroxyl groups is 1. The van der Waals surface area contributed by atoms with Crippen molar-refractivity contribution in [2.75, 3.05) is 11.1 Å². The Morgan fingerprint density at radius 1 is 1.30 bits per heavy atom. The molecular formula is C15H15BrN2O2. The number of hydrogen-bond acceptors (Lipinski definition) is 3. The normalized spacial score (nSPS) is 10.3. The molecule has 0 saturated heterocycles. The Morgan fingerprint density at radius 3 is 2.70 bits per heavy atom. The molecule has 0 aliphatic heterocycles. The van der Waals surface area contributed by atoms with E-state index >= 15 is 0 Å². The zero-order valence-corrected chi connectivity index (χ0v) is 12.6. The number of nitrogens with one attached hydrogen (secondary N) is 1. The van der Waals surface area contributed by atoms with Crippen molar-refractivity contribution < 1.29 is 9.90 Å². The molecule has 4 N–H and O–H groups in total. The first kappa shape index (κ1) is 14.4. The van der Waals surface area contributed by atoms with Crippen LogP contribution in [0.4, 0.5) is 11.4 Å². The second kappa shape index (κ2) is 5.96. The number of rotatable bonds is 3. The van der Waals surface area contributed by atoms with Crippen LogP contribution in [-0.4, -0.2) is 11.0 Å². The van der Waals surface area contributed by atoms with Gasteiger partial charge in [0.25, 0.3) is 5.91 Å². The number of halogens is 1. The molecule has 20 heavy (non-hydrogen) atoms. The van der Waals surface area contributed by atoms with E-state index in [1.165, 1.54) is 0 Å². The second-order valence-electron chi connectivity index (χ2n) is 4.39. The van der Waals surface area contributed by atoms with Crippen molar-refractivity contribution in [1.82, 2.24) is 0 Å². The van der Waals surface area contributed by atoms with Gasteiger partial charge < -0.3 is 16.2 Å². The Morgan fingerprint density at radius 2 is 2.05 bits per heavy atom. The average molecular weight is 335 g/mol. The number of hydrogen-bond donors (Lipinski definition) is 3. The predicted octanol–water partition coefficient (Wildman–Crippen LogP) is 3.55. The van der Waals surface area contributed by atoms with Crippen molar-refractivity contribution in [3.8, 4) is 5.75 Å². The molecule has 0 aliphatic carbocycles. The molecule has 0 spiro atoms. The lowest BCUT2D eigenvalue weighted by molar-refractivity contribution is 0.102. The zero-order valence-electron chi connectivity index (χ0n) is 11.0. The number of benzene rings is 2. The zero-order chi connectivity index (χ0) is 14.7. The van der Waals surface area contributed by atoms with Gasteiger partial charge in [-0.3, -0.25) is 4.79 Å². The maximum absolute atomic E-state index is 12.2. The van der Waals surface area contributed by atoms with Gasteiger partial charge in [0.1, 0.15) is 5.75 Å². The lowest BCUT2D eigenvalue weighted by Crippen LogP contribution is -2.14. The second-order valence-corrected chi connectivity index (χ2v) is 5.31. The maximum Gasteiger partial charge on any atom is 0.257 e. The molecule has 0 heterocycles. The van der Waals surface area contributed by atoms with Gasteiger partial charge in [0, 0.05) is 10.2 Å². The molecular weight excluding hydrogens is 320 g/mol. The Balaban J connectivity index is 2.27. The van der Waals surface area contributed by atoms with Crippen molar-refractivity contribution in [2.45, 2.75) is 13.3 Å². The van der Waals surface area contributed by atoms with E-state index in [0.29, 0.717) is 16.9 Å². The summed E-state index contributed by atoms with van der Waals surface area (Å²) in [4.78, 5) is 12.2. The third-order valence-electron chi connectivity index (χ3n) is 2.98. The Bertz CT molecular complexity index is 656. The first-order valence-corrected chi connectivity index (χ1v) is 6.99. The number of nitrogens with two attached hydrogens (primary N) is 1. The Hall–Kier alpha value is -2.01. The highest BCUT2D eigenvalue weighted by Gasteiger charge is 2.12. The smallest absolute Gasteiger partial charge is 0.257 e. The van der Waals surface area contributed by atoms with Crippen molar-refractivity contribution in [2.24, 2.45) is 0 Å². The number of phenols is 1. The summed E-state index contributed by atoms with van der Waals surface area (Å²) in [5.74, 6) is -0.315. The Labute approximate surface area is 125 Å². The highest BCUT2D eigenvalue weighted by molar-refractivity contribution is 9.10. The first-order valence-electron chi connectivity index (χ1n) is 6.19. The van der Waals surface area contributed by atoms with E-state index in [9.17, 15) is 9.90 Å². The molecule has 104 valence electrons. The minimum Gasteiger partial charge on any atom is -0.506 e. The van der Waals surface area contributed by atoms with E-state index < -0.39 is 0 Å². The van der Waals surface area contributed by atoms with E-state index in [1.54, 1.807) is 30.3 Å². The van der Waals surface area contributed by atoms with Gasteiger partial charge in [-0.05, 0) is 42.3 Å². The van der Waals surface area contributed by atoms with Gasteiger partial charge in [0.2, 0.25) is 0 Å². The summed E-state index contributed by atoms with van der Waals surface area (Å²) in [6.07, 6.45) is 0.823. The fourth-order valence-electron chi connectivity index (χ4n) is 1.83. The summed E-state index contributed by atoms with van der Waals surface area (Å²) in [6, 6.07) is 10.2. The number of aryl methyl sites for hydroxylation is 1. The quantitative estimate of drug-likeness (QED) is 0.593. The summed E-state index contributed by atoms with van der Waals surface area (Å²) in [5, 5.41) is 12.5. The largest absolute Gasteiger partial charge is 0.506 e. The number of carbonyl (C=O) groups is 1. The number of phenolic OH excluding ortho intramolecular Hbond substituents is 1. The summed E-state index contributed by atoms with van der Waals surface area (Å²) in [6.45, 7) is 2.00. The van der Waals surface area contributed by atoms with Gasteiger partial charge in [0.05, 0.1) is 11.3 Å². The van der Waals surface area contributed by atoms with Gasteiger partial charge in [-0.15, -0.1) is 0 Å². The number of nitrogen functional groups attached to an aromatic ring is 1. The lowest BCUT2D eigenvalue weighted by Gasteiger charge is -2.10. The predicted molar refractivity (Wildman–Crippen MR) is 84.0 cm³/mol. The number of anilines is 2. The fraction of sp³-hybridized carbons (Fsp3) is 0.133. The van der Waals surface area contributed by atoms with Crippen LogP contribution < -0.4 is 11.1 Å². The van der Waals surface area contributed by atoms with E-state index in [-0.39, 0.29) is 11.7 Å². The van der Waals surface area contributed by atoms with Crippen LogP contribution in [0, 0.1) is 0 Å². The van der Waals surface area contributed by atoms with Crippen LogP contribution in [0.3, 0.4) is 0 Å². The summed E-state index contributed by atoms with van der Waals surface area (Å²) >= 11 is 3.29. The molecule has 5 heteroatoms. The third kappa shape index (κ3) is 3.11. The molecule has 0 bridgehead atoms. The van der Waals surface area contributed by atoms with Crippen LogP contribution in [0.15, 0.2) is 40.9 Å². The highest BCUT2D eigenvalue weighted by Crippen LogP contribution is 2.26. The van der Waals surface area contributed by atoms with Crippen molar-refractivity contribution >= 4 is 33.2 Å². The topological polar surface area (TPSA) is 75.3 Å². The summed E-state index contributed by atoms with van der Waals surface area (Å²) in [5.41, 5.74) is 7.98. The molecule has 4 nitrogen and oxygen atoms in total. The molecule has 0 aromatic heterocycles. The van der Waals surface area contributed by atoms with Gasteiger partial charge in [-0.1, -0.05) is 28.9 Å². The summed E-state index contributed by atoms with van der Waals surface area (Å²) < 4.78 is 0.808. The number of amides is 1. The van der Waals surface area contributed by atoms with Gasteiger partial charge in [-0.2, -0.15) is 0 Å². The first-order chi connectivity index (χ1) is 9.51. The molecule has 2 aromatic carbocycles. The lowest BCUT2D eigenvalue weighted by atomic mass is 10.1. The van der Waals surface area contributed by atoms with Crippen LogP contribution in [-0.2, 0) is 6.42 Å². The molecule has 0 atom stereocenters. The Kier molecular flexibility index (Phi) is 4.29. The minimum absolute atomic E-state index is 0.0335. The molecule has 0 saturated carbocycles. The number of carbonyl (C=O) groups excluding carboxylic acids is 1. The van der Waals surface area contributed by atoms with Crippen LogP contribution in [0.1, 0.15) is 22.8 Å². The van der Waals surface area contributed by atoms with Crippen molar-refractivity contribution in [3.05, 3.63) is 52.0 Å². The van der Waals surface area contributed by atoms with Crippen LogP contribution in [0.2, 0.25) is 0 Å². The maximum atomic E-state index is 12.2. The molecule has 1 amide bonds. The molecule has 0 radical (unpaired) electrons. The van der Waals surface area contributed by atoms with Crippen LogP contribution in [0.25, 0.3) is 0 Å². The molecule has 2 aromatic rings. The fourth-order valence-corrected chi connectivity index (χ4v) is 2.21. The van der Waals surface area contributed by atoms with E-state index in [2.05, 4.69) is 21.2 Å².